The van der Waals surface area contributed by atoms with Crippen LogP contribution < -0.4 is 15.4 Å². The van der Waals surface area contributed by atoms with Gasteiger partial charge in [0.1, 0.15) is 11.3 Å². The lowest BCUT2D eigenvalue weighted by molar-refractivity contribution is -0.385. The number of nitro groups is 1. The van der Waals surface area contributed by atoms with Crippen molar-refractivity contribution in [2.45, 2.75) is 6.04 Å². The van der Waals surface area contributed by atoms with Crippen molar-refractivity contribution in [2.24, 2.45) is 7.05 Å². The van der Waals surface area contributed by atoms with E-state index < -0.39 is 34.5 Å². The van der Waals surface area contributed by atoms with Crippen molar-refractivity contribution in [1.29, 1.82) is 0 Å². The van der Waals surface area contributed by atoms with Crippen LogP contribution in [0, 0.1) is 15.9 Å². The van der Waals surface area contributed by atoms with Crippen molar-refractivity contribution in [3.05, 3.63) is 92.4 Å². The van der Waals surface area contributed by atoms with Gasteiger partial charge < -0.3 is 10.1 Å². The summed E-state index contributed by atoms with van der Waals surface area (Å²) in [4.78, 5) is 36.4. The zero-order valence-electron chi connectivity index (χ0n) is 17.9. The van der Waals surface area contributed by atoms with Crippen LogP contribution in [0.3, 0.4) is 0 Å². The van der Waals surface area contributed by atoms with Crippen LogP contribution in [0.5, 0.6) is 5.75 Å². The number of nitro benzene ring substituents is 1. The average Bonchev–Trinajstić information content (AvgIpc) is 3.34. The molecule has 176 valence electrons. The second-order valence-electron chi connectivity index (χ2n) is 7.77. The van der Waals surface area contributed by atoms with Gasteiger partial charge in [0.25, 0.3) is 5.91 Å². The summed E-state index contributed by atoms with van der Waals surface area (Å²) in [6.45, 7) is 0. The topological polar surface area (TPSA) is 128 Å². The molecular weight excluding hydrogens is 481 g/mol. The molecule has 3 aromatic carbocycles. The number of hydrogen-bond acceptors (Lipinski definition) is 6. The SMILES string of the molecule is Cn1cc2cc(NC(=O)Oc3ccccc3[N+](=O)[O-])c3c(c2n1)C(=O)NC3c1cc(F)ccc1Cl. The van der Waals surface area contributed by atoms with Gasteiger partial charge in [-0.2, -0.15) is 5.10 Å². The van der Waals surface area contributed by atoms with Gasteiger partial charge in [0.2, 0.25) is 5.75 Å². The molecule has 0 aliphatic carbocycles. The molecule has 1 aliphatic rings. The van der Waals surface area contributed by atoms with Gasteiger partial charge in [-0.3, -0.25) is 24.9 Å². The van der Waals surface area contributed by atoms with Crippen LogP contribution in [0.25, 0.3) is 10.9 Å². The van der Waals surface area contributed by atoms with E-state index in [1.807, 2.05) is 0 Å². The summed E-state index contributed by atoms with van der Waals surface area (Å²) in [5.74, 6) is -1.30. The van der Waals surface area contributed by atoms with Gasteiger partial charge in [0.15, 0.2) is 0 Å². The number of nitrogens with one attached hydrogen (secondary N) is 2. The van der Waals surface area contributed by atoms with Crippen LogP contribution >= 0.6 is 11.6 Å². The van der Waals surface area contributed by atoms with Crippen molar-refractivity contribution >= 4 is 45.9 Å². The van der Waals surface area contributed by atoms with E-state index in [1.165, 1.54) is 47.1 Å². The lowest BCUT2D eigenvalue weighted by atomic mass is 9.94. The van der Waals surface area contributed by atoms with E-state index in [9.17, 15) is 24.1 Å². The minimum atomic E-state index is -1.02. The molecule has 2 amide bonds. The molecule has 0 fully saturated rings. The first-order valence-corrected chi connectivity index (χ1v) is 10.6. The fourth-order valence-electron chi connectivity index (χ4n) is 4.11. The smallest absolute Gasteiger partial charge is 0.403 e. The molecule has 1 aromatic heterocycles. The molecule has 10 nitrogen and oxygen atoms in total. The highest BCUT2D eigenvalue weighted by atomic mass is 35.5. The monoisotopic (exact) mass is 495 g/mol. The van der Waals surface area contributed by atoms with Gasteiger partial charge in [-0.15, -0.1) is 0 Å². The number of anilines is 1. The first kappa shape index (κ1) is 22.3. The number of nitrogens with zero attached hydrogens (tertiary/aromatic N) is 3. The molecule has 0 radical (unpaired) electrons. The molecular formula is C23H15ClFN5O5. The number of hydrogen-bond donors (Lipinski definition) is 2. The molecule has 12 heteroatoms. The van der Waals surface area contributed by atoms with Crippen molar-refractivity contribution in [1.82, 2.24) is 15.1 Å². The van der Waals surface area contributed by atoms with Gasteiger partial charge in [-0.1, -0.05) is 23.7 Å². The fourth-order valence-corrected chi connectivity index (χ4v) is 4.34. The van der Waals surface area contributed by atoms with Gasteiger partial charge in [-0.25, -0.2) is 9.18 Å². The Bertz CT molecular complexity index is 1550. The summed E-state index contributed by atoms with van der Waals surface area (Å²) in [7, 11) is 1.68. The number of rotatable bonds is 4. The molecule has 1 atom stereocenters. The number of carbonyl (C=O) groups excluding carboxylic acids is 2. The lowest BCUT2D eigenvalue weighted by Crippen LogP contribution is -2.22. The Morgan fingerprint density at radius 2 is 2.06 bits per heavy atom. The van der Waals surface area contributed by atoms with Crippen molar-refractivity contribution in [2.75, 3.05) is 5.32 Å². The second-order valence-corrected chi connectivity index (χ2v) is 8.17. The predicted octanol–water partition coefficient (Wildman–Crippen LogP) is 4.72. The molecule has 0 saturated carbocycles. The largest absolute Gasteiger partial charge is 0.417 e. The van der Waals surface area contributed by atoms with E-state index in [0.717, 1.165) is 0 Å². The number of aryl methyl sites for hydroxylation is 1. The Morgan fingerprint density at radius 3 is 2.83 bits per heavy atom. The quantitative estimate of drug-likeness (QED) is 0.311. The number of carbonyl (C=O) groups is 2. The molecule has 2 heterocycles. The number of amides is 2. The van der Waals surface area contributed by atoms with E-state index in [-0.39, 0.29) is 27.6 Å². The molecule has 0 spiro atoms. The standard InChI is InChI=1S/C23H15ClFN5O5/c1-29-10-11-8-15(26-23(32)35-17-5-3-2-4-16(17)30(33)34)18-19(20(11)28-29)22(31)27-21(18)13-9-12(25)6-7-14(13)24/h2-10,21H,1H3,(H,26,32)(H,27,31). The van der Waals surface area contributed by atoms with Gasteiger partial charge in [-0.05, 0) is 30.3 Å². The maximum atomic E-state index is 14.1. The molecule has 5 rings (SSSR count). The fraction of sp³-hybridized carbons (Fsp3) is 0.0870. The average molecular weight is 496 g/mol. The van der Waals surface area contributed by atoms with E-state index in [4.69, 9.17) is 16.3 Å². The first-order valence-electron chi connectivity index (χ1n) is 10.2. The normalized spacial score (nSPS) is 14.5. The van der Waals surface area contributed by atoms with Crippen LogP contribution in [-0.2, 0) is 7.05 Å². The summed E-state index contributed by atoms with van der Waals surface area (Å²) >= 11 is 6.31. The van der Waals surface area contributed by atoms with Crippen molar-refractivity contribution < 1.29 is 23.6 Å². The van der Waals surface area contributed by atoms with E-state index >= 15 is 0 Å². The molecule has 4 aromatic rings. The van der Waals surface area contributed by atoms with E-state index in [2.05, 4.69) is 15.7 Å². The van der Waals surface area contributed by atoms with Gasteiger partial charge >= 0.3 is 11.8 Å². The molecule has 2 N–H and O–H groups in total. The molecule has 35 heavy (non-hydrogen) atoms. The summed E-state index contributed by atoms with van der Waals surface area (Å²) in [6.07, 6.45) is 0.636. The number of ether oxygens (including phenoxy) is 1. The number of para-hydroxylation sites is 2. The third kappa shape index (κ3) is 3.91. The highest BCUT2D eigenvalue weighted by Gasteiger charge is 2.37. The second kappa shape index (κ2) is 8.37. The lowest BCUT2D eigenvalue weighted by Gasteiger charge is -2.18. The van der Waals surface area contributed by atoms with Crippen LogP contribution in [-0.4, -0.2) is 26.7 Å². The Morgan fingerprint density at radius 1 is 1.29 bits per heavy atom. The van der Waals surface area contributed by atoms with Gasteiger partial charge in [0.05, 0.1) is 22.2 Å². The maximum Gasteiger partial charge on any atom is 0.417 e. The Hall–Kier alpha value is -4.51. The zero-order chi connectivity index (χ0) is 24.9. The van der Waals surface area contributed by atoms with E-state index in [0.29, 0.717) is 16.5 Å². The van der Waals surface area contributed by atoms with Crippen LogP contribution in [0.2, 0.25) is 5.02 Å². The highest BCUT2D eigenvalue weighted by Crippen LogP contribution is 2.42. The summed E-state index contributed by atoms with van der Waals surface area (Å²) in [5.41, 5.74) is 0.948. The van der Waals surface area contributed by atoms with Crippen molar-refractivity contribution in [3.8, 4) is 5.75 Å². The highest BCUT2D eigenvalue weighted by molar-refractivity contribution is 6.31. The minimum absolute atomic E-state index is 0.174. The van der Waals surface area contributed by atoms with Crippen LogP contribution in [0.1, 0.15) is 27.5 Å². The third-order valence-corrected chi connectivity index (χ3v) is 5.86. The number of aromatic nitrogens is 2. The molecule has 1 aliphatic heterocycles. The number of fused-ring (bicyclic) bond motifs is 3. The number of halogens is 2. The van der Waals surface area contributed by atoms with E-state index in [1.54, 1.807) is 19.3 Å². The molecule has 1 unspecified atom stereocenters. The first-order chi connectivity index (χ1) is 16.7. The summed E-state index contributed by atoms with van der Waals surface area (Å²) in [5, 5.41) is 21.7. The molecule has 0 saturated heterocycles. The maximum absolute atomic E-state index is 14.1. The summed E-state index contributed by atoms with van der Waals surface area (Å²) < 4.78 is 20.8. The zero-order valence-corrected chi connectivity index (χ0v) is 18.7. The minimum Gasteiger partial charge on any atom is -0.403 e. The number of benzene rings is 3. The predicted molar refractivity (Wildman–Crippen MR) is 124 cm³/mol. The summed E-state index contributed by atoms with van der Waals surface area (Å²) in [6, 6.07) is 9.85. The Labute approximate surface area is 201 Å². The Balaban J connectivity index is 1.61. The Kier molecular flexibility index (Phi) is 5.33. The van der Waals surface area contributed by atoms with Gasteiger partial charge in [0, 0.05) is 40.8 Å². The van der Waals surface area contributed by atoms with Crippen molar-refractivity contribution in [3.63, 3.8) is 0 Å². The molecule has 0 bridgehead atoms. The van der Waals surface area contributed by atoms with Crippen LogP contribution in [0.4, 0.5) is 20.6 Å². The van der Waals surface area contributed by atoms with Crippen LogP contribution in [0.15, 0.2) is 54.7 Å². The third-order valence-electron chi connectivity index (χ3n) is 5.51.